The van der Waals surface area contributed by atoms with E-state index < -0.39 is 0 Å². The highest BCUT2D eigenvalue weighted by Gasteiger charge is 2.20. The molecular weight excluding hydrogens is 286 g/mol. The maximum Gasteiger partial charge on any atom is 0.252 e. The van der Waals surface area contributed by atoms with Crippen molar-refractivity contribution in [1.82, 2.24) is 15.5 Å². The minimum atomic E-state index is 0.493. The van der Waals surface area contributed by atoms with Crippen molar-refractivity contribution in [3.63, 3.8) is 0 Å². The summed E-state index contributed by atoms with van der Waals surface area (Å²) >= 11 is 3.29. The largest absolute Gasteiger partial charge is 0.457 e. The predicted octanol–water partition coefficient (Wildman–Crippen LogP) is 2.39. The van der Waals surface area contributed by atoms with Crippen LogP contribution in [0, 0.1) is 0 Å². The highest BCUT2D eigenvalue weighted by atomic mass is 79.9. The zero-order valence-electron chi connectivity index (χ0n) is 9.15. The van der Waals surface area contributed by atoms with Crippen LogP contribution >= 0.6 is 15.9 Å². The van der Waals surface area contributed by atoms with E-state index in [2.05, 4.69) is 31.4 Å². The lowest BCUT2D eigenvalue weighted by atomic mass is 10.3. The summed E-state index contributed by atoms with van der Waals surface area (Å²) in [6, 6.07) is 2.50. The number of hydrogen-bond donors (Lipinski definition) is 1. The Morgan fingerprint density at radius 3 is 3.00 bits per heavy atom. The second-order valence-electron chi connectivity index (χ2n) is 4.09. The molecule has 0 amide bonds. The van der Waals surface area contributed by atoms with Gasteiger partial charge in [0.05, 0.1) is 11.8 Å². The van der Waals surface area contributed by atoms with E-state index in [4.69, 9.17) is 8.83 Å². The predicted molar refractivity (Wildman–Crippen MR) is 64.4 cm³/mol. The molecule has 3 rings (SSSR count). The summed E-state index contributed by atoms with van der Waals surface area (Å²) in [5.74, 6) is 1.15. The van der Waals surface area contributed by atoms with Crippen molar-refractivity contribution >= 4 is 15.9 Å². The van der Waals surface area contributed by atoms with Gasteiger partial charge in [-0.05, 0) is 34.8 Å². The van der Waals surface area contributed by atoms with Crippen LogP contribution in [0.1, 0.15) is 18.7 Å². The molecule has 0 spiro atoms. The van der Waals surface area contributed by atoms with Gasteiger partial charge in [0, 0.05) is 19.0 Å². The van der Waals surface area contributed by atoms with Gasteiger partial charge in [-0.2, -0.15) is 0 Å². The van der Waals surface area contributed by atoms with Crippen molar-refractivity contribution in [2.24, 2.45) is 0 Å². The Kier molecular flexibility index (Phi) is 2.98. The van der Waals surface area contributed by atoms with E-state index >= 15 is 0 Å². The first kappa shape index (κ1) is 11.0. The molecule has 1 fully saturated rings. The summed E-state index contributed by atoms with van der Waals surface area (Å²) in [6.07, 6.45) is 4.92. The average Bonchev–Trinajstić information content (AvgIpc) is 2.85. The third kappa shape index (κ3) is 2.58. The topological polar surface area (TPSA) is 64.1 Å². The summed E-state index contributed by atoms with van der Waals surface area (Å²) in [5, 5.41) is 11.4. The molecule has 0 bridgehead atoms. The Labute approximate surface area is 107 Å². The first-order valence-electron chi connectivity index (χ1n) is 5.62. The Bertz CT molecular complexity index is 504. The van der Waals surface area contributed by atoms with Crippen LogP contribution in [-0.4, -0.2) is 22.8 Å². The molecule has 17 heavy (non-hydrogen) atoms. The Morgan fingerprint density at radius 2 is 2.29 bits per heavy atom. The van der Waals surface area contributed by atoms with Crippen LogP contribution in [-0.2, 0) is 6.42 Å². The van der Waals surface area contributed by atoms with Crippen LogP contribution in [0.15, 0.2) is 25.8 Å². The maximum atomic E-state index is 5.56. The molecule has 1 aliphatic rings. The molecule has 6 heteroatoms. The third-order valence-corrected chi connectivity index (χ3v) is 3.28. The second kappa shape index (κ2) is 4.62. The van der Waals surface area contributed by atoms with Gasteiger partial charge in [-0.15, -0.1) is 10.2 Å². The highest BCUT2D eigenvalue weighted by Crippen LogP contribution is 2.28. The maximum absolute atomic E-state index is 5.56. The molecule has 1 aliphatic carbocycles. The van der Waals surface area contributed by atoms with Gasteiger partial charge in [-0.3, -0.25) is 0 Å². The molecule has 0 aromatic carbocycles. The van der Waals surface area contributed by atoms with Crippen LogP contribution in [0.2, 0.25) is 0 Å². The van der Waals surface area contributed by atoms with Gasteiger partial charge in [0.25, 0.3) is 5.89 Å². The van der Waals surface area contributed by atoms with Crippen molar-refractivity contribution in [2.45, 2.75) is 25.3 Å². The molecule has 0 unspecified atom stereocenters. The number of nitrogens with zero attached hydrogens (tertiary/aromatic N) is 2. The minimum absolute atomic E-state index is 0.493. The van der Waals surface area contributed by atoms with Crippen molar-refractivity contribution in [1.29, 1.82) is 0 Å². The number of furan rings is 1. The monoisotopic (exact) mass is 297 g/mol. The molecule has 90 valence electrons. The number of rotatable bonds is 5. The Morgan fingerprint density at radius 1 is 1.41 bits per heavy atom. The smallest absolute Gasteiger partial charge is 0.252 e. The van der Waals surface area contributed by atoms with Gasteiger partial charge >= 0.3 is 0 Å². The van der Waals surface area contributed by atoms with E-state index in [0.717, 1.165) is 18.5 Å². The van der Waals surface area contributed by atoms with E-state index in [9.17, 15) is 0 Å². The lowest BCUT2D eigenvalue weighted by Gasteiger charge is -1.97. The normalized spacial score (nSPS) is 15.4. The fourth-order valence-electron chi connectivity index (χ4n) is 1.58. The van der Waals surface area contributed by atoms with E-state index in [-0.39, 0.29) is 0 Å². The molecule has 1 N–H and O–H groups in total. The number of nitrogens with one attached hydrogen (secondary N) is 1. The van der Waals surface area contributed by atoms with Crippen molar-refractivity contribution in [2.75, 3.05) is 6.54 Å². The zero-order chi connectivity index (χ0) is 11.7. The number of aromatic nitrogens is 2. The molecule has 2 aromatic heterocycles. The van der Waals surface area contributed by atoms with Crippen molar-refractivity contribution in [3.8, 4) is 11.5 Å². The van der Waals surface area contributed by atoms with E-state index in [1.807, 2.05) is 0 Å². The average molecular weight is 298 g/mol. The Balaban J connectivity index is 1.63. The molecule has 1 saturated carbocycles. The summed E-state index contributed by atoms with van der Waals surface area (Å²) in [7, 11) is 0. The highest BCUT2D eigenvalue weighted by molar-refractivity contribution is 9.10. The third-order valence-electron chi connectivity index (χ3n) is 2.66. The lowest BCUT2D eigenvalue weighted by molar-refractivity contribution is 0.491. The zero-order valence-corrected chi connectivity index (χ0v) is 10.7. The van der Waals surface area contributed by atoms with E-state index in [1.165, 1.54) is 12.8 Å². The fraction of sp³-hybridized carbons (Fsp3) is 0.455. The van der Waals surface area contributed by atoms with Gasteiger partial charge < -0.3 is 14.2 Å². The van der Waals surface area contributed by atoms with Crippen LogP contribution in [0.4, 0.5) is 0 Å². The minimum Gasteiger partial charge on any atom is -0.457 e. The van der Waals surface area contributed by atoms with Crippen molar-refractivity contribution in [3.05, 3.63) is 22.9 Å². The molecule has 5 nitrogen and oxygen atoms in total. The second-order valence-corrected chi connectivity index (χ2v) is 4.81. The first-order chi connectivity index (χ1) is 8.33. The van der Waals surface area contributed by atoms with Crippen molar-refractivity contribution < 1.29 is 8.83 Å². The van der Waals surface area contributed by atoms with Gasteiger partial charge in [-0.25, -0.2) is 0 Å². The summed E-state index contributed by atoms with van der Waals surface area (Å²) in [6.45, 7) is 0.888. The molecule has 0 atom stereocenters. The summed E-state index contributed by atoms with van der Waals surface area (Å²) < 4.78 is 11.3. The Hall–Kier alpha value is -1.14. The van der Waals surface area contributed by atoms with Crippen LogP contribution in [0.3, 0.4) is 0 Å². The van der Waals surface area contributed by atoms with Crippen LogP contribution < -0.4 is 5.32 Å². The summed E-state index contributed by atoms with van der Waals surface area (Å²) in [5.41, 5.74) is 0.791. The fourth-order valence-corrected chi connectivity index (χ4v) is 1.99. The van der Waals surface area contributed by atoms with E-state index in [1.54, 1.807) is 12.3 Å². The number of halogens is 1. The molecule has 2 heterocycles. The molecular formula is C11H12BrN3O2. The molecule has 0 aliphatic heterocycles. The van der Waals surface area contributed by atoms with E-state index in [0.29, 0.717) is 22.5 Å². The van der Waals surface area contributed by atoms with Crippen LogP contribution in [0.25, 0.3) is 11.5 Å². The van der Waals surface area contributed by atoms with Gasteiger partial charge in [0.1, 0.15) is 0 Å². The van der Waals surface area contributed by atoms with Gasteiger partial charge in [0.15, 0.2) is 4.67 Å². The van der Waals surface area contributed by atoms with Crippen LogP contribution in [0.5, 0.6) is 0 Å². The standard InChI is InChI=1S/C11H12BrN3O2/c12-10-8(4-6-16-10)11-15-14-9(17-11)3-5-13-7-1-2-7/h4,6-7,13H,1-3,5H2. The lowest BCUT2D eigenvalue weighted by Crippen LogP contribution is -2.19. The molecule has 0 radical (unpaired) electrons. The quantitative estimate of drug-likeness (QED) is 0.918. The number of hydrogen-bond acceptors (Lipinski definition) is 5. The first-order valence-corrected chi connectivity index (χ1v) is 6.41. The molecule has 0 saturated heterocycles. The van der Waals surface area contributed by atoms with Gasteiger partial charge in [-0.1, -0.05) is 0 Å². The summed E-state index contributed by atoms with van der Waals surface area (Å²) in [4.78, 5) is 0. The SMILES string of the molecule is Brc1occc1-c1nnc(CCNC2CC2)o1. The van der Waals surface area contributed by atoms with Gasteiger partial charge in [0.2, 0.25) is 5.89 Å². The molecule has 2 aromatic rings.